The van der Waals surface area contributed by atoms with Crippen LogP contribution in [-0.4, -0.2) is 65.2 Å². The van der Waals surface area contributed by atoms with Crippen molar-refractivity contribution in [2.24, 2.45) is 0 Å². The fourth-order valence-electron chi connectivity index (χ4n) is 5.04. The van der Waals surface area contributed by atoms with Gasteiger partial charge in [-0.15, -0.1) is 0 Å². The molecule has 2 amide bonds. The summed E-state index contributed by atoms with van der Waals surface area (Å²) in [5.74, 6) is -2.13. The van der Waals surface area contributed by atoms with Gasteiger partial charge in [-0.1, -0.05) is 48.5 Å². The molecule has 0 aliphatic heterocycles. The van der Waals surface area contributed by atoms with E-state index in [1.165, 1.54) is 0 Å². The van der Waals surface area contributed by atoms with E-state index < -0.39 is 53.5 Å². The zero-order chi connectivity index (χ0) is 29.8. The van der Waals surface area contributed by atoms with Crippen LogP contribution in [0.3, 0.4) is 0 Å². The van der Waals surface area contributed by atoms with E-state index in [2.05, 4.69) is 10.6 Å². The number of carboxylic acid groups (broad SMARTS) is 1. The van der Waals surface area contributed by atoms with Gasteiger partial charge in [0.25, 0.3) is 0 Å². The summed E-state index contributed by atoms with van der Waals surface area (Å²) in [7, 11) is 0. The summed E-state index contributed by atoms with van der Waals surface area (Å²) >= 11 is 0. The van der Waals surface area contributed by atoms with Crippen LogP contribution in [-0.2, 0) is 23.8 Å². The third-order valence-corrected chi connectivity index (χ3v) is 6.48. The minimum atomic E-state index is -1.35. The Bertz CT molecular complexity index is 1170. The number of carbonyl (C=O) groups is 3. The number of rotatable bonds is 10. The number of hydrogen-bond acceptors (Lipinski definition) is 6. The maximum atomic E-state index is 13.4. The minimum absolute atomic E-state index is 0.0664. The second kappa shape index (κ2) is 12.4. The van der Waals surface area contributed by atoms with Crippen LogP contribution < -0.4 is 10.6 Å². The molecule has 0 aromatic heterocycles. The highest BCUT2D eigenvalue weighted by atomic mass is 16.6. The van der Waals surface area contributed by atoms with Gasteiger partial charge in [0.2, 0.25) is 5.91 Å². The Hall–Kier alpha value is -3.43. The monoisotopic (exact) mass is 554 g/mol. The second-order valence-electron chi connectivity index (χ2n) is 12.1. The van der Waals surface area contributed by atoms with Crippen LogP contribution in [0.25, 0.3) is 11.1 Å². The van der Waals surface area contributed by atoms with Gasteiger partial charge < -0.3 is 30.0 Å². The summed E-state index contributed by atoms with van der Waals surface area (Å²) in [6, 6.07) is 13.4. The molecular formula is C31H42N2O7. The molecule has 1 aliphatic carbocycles. The first-order valence-electron chi connectivity index (χ1n) is 13.6. The molecule has 9 nitrogen and oxygen atoms in total. The fraction of sp³-hybridized carbons (Fsp3) is 0.516. The van der Waals surface area contributed by atoms with Crippen LogP contribution >= 0.6 is 0 Å². The molecule has 3 N–H and O–H groups in total. The van der Waals surface area contributed by atoms with E-state index in [0.29, 0.717) is 0 Å². The Morgan fingerprint density at radius 3 is 1.68 bits per heavy atom. The number of ether oxygens (including phenoxy) is 3. The maximum Gasteiger partial charge on any atom is 0.407 e. The first-order valence-corrected chi connectivity index (χ1v) is 13.6. The summed E-state index contributed by atoms with van der Waals surface area (Å²) in [4.78, 5) is 38.5. The van der Waals surface area contributed by atoms with E-state index >= 15 is 0 Å². The van der Waals surface area contributed by atoms with Crippen LogP contribution in [0.5, 0.6) is 0 Å². The number of aliphatic carboxylic acids is 1. The van der Waals surface area contributed by atoms with Crippen molar-refractivity contribution in [2.75, 3.05) is 6.61 Å². The predicted octanol–water partition coefficient (Wildman–Crippen LogP) is 4.87. The molecule has 0 saturated carbocycles. The van der Waals surface area contributed by atoms with Gasteiger partial charge in [0.05, 0.1) is 23.4 Å². The molecule has 0 heterocycles. The number of carboxylic acids is 1. The lowest BCUT2D eigenvalue weighted by Gasteiger charge is -2.33. The third-order valence-electron chi connectivity index (χ3n) is 6.48. The lowest BCUT2D eigenvalue weighted by atomic mass is 9.98. The quantitative estimate of drug-likeness (QED) is 0.383. The van der Waals surface area contributed by atoms with E-state index in [0.717, 1.165) is 22.3 Å². The lowest BCUT2D eigenvalue weighted by molar-refractivity contribution is -0.152. The van der Waals surface area contributed by atoms with Crippen molar-refractivity contribution >= 4 is 18.0 Å². The van der Waals surface area contributed by atoms with Crippen molar-refractivity contribution in [1.82, 2.24) is 10.6 Å². The van der Waals surface area contributed by atoms with E-state index in [9.17, 15) is 19.5 Å². The number of fused-ring (bicyclic) bond motifs is 3. The van der Waals surface area contributed by atoms with Crippen molar-refractivity contribution in [3.63, 3.8) is 0 Å². The maximum absolute atomic E-state index is 13.4. The van der Waals surface area contributed by atoms with Crippen LogP contribution in [0, 0.1) is 0 Å². The van der Waals surface area contributed by atoms with E-state index in [-0.39, 0.29) is 12.5 Å². The molecule has 0 unspecified atom stereocenters. The molecular weight excluding hydrogens is 512 g/mol. The summed E-state index contributed by atoms with van der Waals surface area (Å²) in [6.45, 7) is 14.1. The molecule has 9 heteroatoms. The van der Waals surface area contributed by atoms with Crippen LogP contribution in [0.4, 0.5) is 4.79 Å². The van der Waals surface area contributed by atoms with Gasteiger partial charge in [-0.3, -0.25) is 4.79 Å². The molecule has 0 bridgehead atoms. The van der Waals surface area contributed by atoms with E-state index in [4.69, 9.17) is 14.2 Å². The summed E-state index contributed by atoms with van der Waals surface area (Å²) in [5.41, 5.74) is 3.07. The fourth-order valence-corrected chi connectivity index (χ4v) is 5.04. The number of hydrogen-bond donors (Lipinski definition) is 3. The SMILES string of the molecule is C[C@H](OC(C)(C)C)[C@H](NC(=O)[C@@H](NC(=O)OCC1c2ccccc2-c2ccccc21)[C@H](C)OC(C)(C)C)C(=O)O. The highest BCUT2D eigenvalue weighted by molar-refractivity contribution is 5.90. The van der Waals surface area contributed by atoms with Gasteiger partial charge >= 0.3 is 12.1 Å². The largest absolute Gasteiger partial charge is 0.480 e. The zero-order valence-corrected chi connectivity index (χ0v) is 24.6. The molecule has 3 rings (SSSR count). The highest BCUT2D eigenvalue weighted by Crippen LogP contribution is 2.44. The molecule has 0 fully saturated rings. The molecule has 1 aliphatic rings. The number of alkyl carbamates (subject to hydrolysis) is 1. The van der Waals surface area contributed by atoms with Crippen molar-refractivity contribution in [3.8, 4) is 11.1 Å². The Morgan fingerprint density at radius 2 is 1.23 bits per heavy atom. The molecule has 0 spiro atoms. The smallest absolute Gasteiger partial charge is 0.407 e. The lowest BCUT2D eigenvalue weighted by Crippen LogP contribution is -2.59. The molecule has 2 aromatic carbocycles. The van der Waals surface area contributed by atoms with Crippen molar-refractivity contribution in [1.29, 1.82) is 0 Å². The Balaban J connectivity index is 1.75. The zero-order valence-electron chi connectivity index (χ0n) is 24.6. The van der Waals surface area contributed by atoms with Gasteiger partial charge in [0.1, 0.15) is 12.6 Å². The number of nitrogens with one attached hydrogen (secondary N) is 2. The summed E-state index contributed by atoms with van der Waals surface area (Å²) in [5, 5.41) is 14.9. The van der Waals surface area contributed by atoms with Crippen LogP contribution in [0.1, 0.15) is 72.4 Å². The predicted molar refractivity (Wildman–Crippen MR) is 152 cm³/mol. The second-order valence-corrected chi connectivity index (χ2v) is 12.1. The van der Waals surface area contributed by atoms with E-state index in [1.54, 1.807) is 34.6 Å². The van der Waals surface area contributed by atoms with Gasteiger partial charge in [-0.2, -0.15) is 0 Å². The summed E-state index contributed by atoms with van der Waals surface area (Å²) in [6.07, 6.45) is -2.44. The van der Waals surface area contributed by atoms with E-state index in [1.807, 2.05) is 69.3 Å². The molecule has 0 radical (unpaired) electrons. The van der Waals surface area contributed by atoms with Crippen molar-refractivity contribution < 1.29 is 33.7 Å². The van der Waals surface area contributed by atoms with Crippen molar-refractivity contribution in [3.05, 3.63) is 59.7 Å². The molecule has 0 saturated heterocycles. The highest BCUT2D eigenvalue weighted by Gasteiger charge is 2.37. The van der Waals surface area contributed by atoms with Crippen molar-refractivity contribution in [2.45, 2.75) is 96.8 Å². The van der Waals surface area contributed by atoms with Gasteiger partial charge in [-0.25, -0.2) is 9.59 Å². The topological polar surface area (TPSA) is 123 Å². The third kappa shape index (κ3) is 8.05. The number of carbonyl (C=O) groups excluding carboxylic acids is 2. The number of benzene rings is 2. The average Bonchev–Trinajstić information content (AvgIpc) is 3.15. The number of amides is 2. The first kappa shape index (κ1) is 31.1. The summed E-state index contributed by atoms with van der Waals surface area (Å²) < 4.78 is 17.4. The van der Waals surface area contributed by atoms with Gasteiger partial charge in [0, 0.05) is 5.92 Å². The molecule has 40 heavy (non-hydrogen) atoms. The van der Waals surface area contributed by atoms with Crippen LogP contribution in [0.15, 0.2) is 48.5 Å². The normalized spacial score (nSPS) is 16.2. The minimum Gasteiger partial charge on any atom is -0.480 e. The molecule has 4 atom stereocenters. The molecule has 2 aromatic rings. The standard InChI is InChI=1S/C31H42N2O7/c1-18(39-30(3,4)5)25(27(34)32-26(28(35)36)19(2)40-31(6,7)8)33-29(37)38-17-24-22-15-11-9-13-20(22)21-14-10-12-16-23(21)24/h9-16,18-19,24-26H,17H2,1-8H3,(H,32,34)(H,33,37)(H,35,36)/t18-,19-,25-,26-/m0/s1. The van der Waals surface area contributed by atoms with Gasteiger partial charge in [-0.05, 0) is 77.6 Å². The average molecular weight is 555 g/mol. The first-order chi connectivity index (χ1) is 18.6. The Kier molecular flexibility index (Phi) is 9.64. The molecule has 218 valence electrons. The van der Waals surface area contributed by atoms with Crippen LogP contribution in [0.2, 0.25) is 0 Å². The van der Waals surface area contributed by atoms with Gasteiger partial charge in [0.15, 0.2) is 6.04 Å². The Labute approximate surface area is 236 Å². The Morgan fingerprint density at radius 1 is 0.775 bits per heavy atom.